The fourth-order valence-corrected chi connectivity index (χ4v) is 4.83. The van der Waals surface area contributed by atoms with Crippen LogP contribution in [0.3, 0.4) is 0 Å². The number of hydrogen-bond acceptors (Lipinski definition) is 5. The van der Waals surface area contributed by atoms with Crippen molar-refractivity contribution >= 4 is 21.6 Å². The molecule has 0 bridgehead atoms. The SMILES string of the molecule is COc1ccc(S(=O)(=O)NC2CCC(O)CC2)cc1C(=O)Nc1ccc(F)c(C(F)F)c1. The molecule has 0 spiro atoms. The Morgan fingerprint density at radius 2 is 1.81 bits per heavy atom. The van der Waals surface area contributed by atoms with Crippen molar-refractivity contribution in [3.63, 3.8) is 0 Å². The van der Waals surface area contributed by atoms with Gasteiger partial charge >= 0.3 is 0 Å². The molecule has 0 saturated heterocycles. The number of benzene rings is 2. The number of anilines is 1. The highest BCUT2D eigenvalue weighted by Crippen LogP contribution is 2.28. The number of ether oxygens (including phenoxy) is 1. The first kappa shape index (κ1) is 24.0. The summed E-state index contributed by atoms with van der Waals surface area (Å²) in [6.07, 6.45) is -1.56. The van der Waals surface area contributed by atoms with Crippen LogP contribution in [0.2, 0.25) is 0 Å². The highest BCUT2D eigenvalue weighted by molar-refractivity contribution is 7.89. The Labute approximate surface area is 183 Å². The van der Waals surface area contributed by atoms with E-state index in [9.17, 15) is 31.5 Å². The number of aliphatic hydroxyl groups is 1. The van der Waals surface area contributed by atoms with Crippen LogP contribution in [0.5, 0.6) is 5.75 Å². The number of alkyl halides is 2. The van der Waals surface area contributed by atoms with Crippen LogP contribution in [-0.4, -0.2) is 38.7 Å². The van der Waals surface area contributed by atoms with Crippen molar-refractivity contribution in [1.29, 1.82) is 0 Å². The summed E-state index contributed by atoms with van der Waals surface area (Å²) < 4.78 is 72.7. The predicted molar refractivity (Wildman–Crippen MR) is 111 cm³/mol. The molecule has 174 valence electrons. The lowest BCUT2D eigenvalue weighted by Crippen LogP contribution is -2.38. The summed E-state index contributed by atoms with van der Waals surface area (Å²) in [6.45, 7) is 0. The van der Waals surface area contributed by atoms with Gasteiger partial charge in [-0.3, -0.25) is 4.79 Å². The second kappa shape index (κ2) is 9.88. The first-order valence-electron chi connectivity index (χ1n) is 9.88. The van der Waals surface area contributed by atoms with Gasteiger partial charge in [-0.1, -0.05) is 0 Å². The summed E-state index contributed by atoms with van der Waals surface area (Å²) in [7, 11) is -2.68. The zero-order valence-electron chi connectivity index (χ0n) is 17.1. The summed E-state index contributed by atoms with van der Waals surface area (Å²) in [5.41, 5.74) is -1.09. The highest BCUT2D eigenvalue weighted by atomic mass is 32.2. The average Bonchev–Trinajstić information content (AvgIpc) is 2.75. The van der Waals surface area contributed by atoms with Gasteiger partial charge < -0.3 is 15.2 Å². The van der Waals surface area contributed by atoms with E-state index < -0.39 is 39.8 Å². The summed E-state index contributed by atoms with van der Waals surface area (Å²) in [5.74, 6) is -1.85. The molecule has 0 radical (unpaired) electrons. The number of rotatable bonds is 7. The molecule has 7 nitrogen and oxygen atoms in total. The molecule has 1 saturated carbocycles. The van der Waals surface area contributed by atoms with Gasteiger partial charge in [0, 0.05) is 11.7 Å². The van der Waals surface area contributed by atoms with Gasteiger partial charge in [0.2, 0.25) is 10.0 Å². The van der Waals surface area contributed by atoms with E-state index >= 15 is 0 Å². The molecule has 1 amide bonds. The van der Waals surface area contributed by atoms with Crippen molar-refractivity contribution in [3.8, 4) is 5.75 Å². The number of halogens is 3. The molecule has 32 heavy (non-hydrogen) atoms. The largest absolute Gasteiger partial charge is 0.496 e. The Balaban J connectivity index is 1.84. The molecule has 0 heterocycles. The van der Waals surface area contributed by atoms with Crippen LogP contribution in [0.4, 0.5) is 18.9 Å². The molecule has 1 fully saturated rings. The zero-order valence-corrected chi connectivity index (χ0v) is 18.0. The fourth-order valence-electron chi connectivity index (χ4n) is 3.50. The van der Waals surface area contributed by atoms with Gasteiger partial charge in [0.25, 0.3) is 12.3 Å². The smallest absolute Gasteiger partial charge is 0.266 e. The lowest BCUT2D eigenvalue weighted by Gasteiger charge is -2.26. The molecule has 1 aliphatic rings. The third-order valence-electron chi connectivity index (χ3n) is 5.23. The van der Waals surface area contributed by atoms with Crippen LogP contribution >= 0.6 is 0 Å². The van der Waals surface area contributed by atoms with Crippen LogP contribution in [0.25, 0.3) is 0 Å². The number of carbonyl (C=O) groups is 1. The van der Waals surface area contributed by atoms with Gasteiger partial charge in [0.1, 0.15) is 11.6 Å². The molecule has 11 heteroatoms. The van der Waals surface area contributed by atoms with Gasteiger partial charge in [-0.25, -0.2) is 26.3 Å². The maximum absolute atomic E-state index is 13.5. The quantitative estimate of drug-likeness (QED) is 0.571. The number of amides is 1. The summed E-state index contributed by atoms with van der Waals surface area (Å²) in [6, 6.07) is 6.10. The summed E-state index contributed by atoms with van der Waals surface area (Å²) in [4.78, 5) is 12.6. The Kier molecular flexibility index (Phi) is 7.42. The molecular weight excluding hydrogens is 449 g/mol. The van der Waals surface area contributed by atoms with Gasteiger partial charge in [0.05, 0.1) is 29.2 Å². The van der Waals surface area contributed by atoms with Gasteiger partial charge in [-0.05, 0) is 62.1 Å². The molecule has 0 unspecified atom stereocenters. The number of nitrogens with one attached hydrogen (secondary N) is 2. The van der Waals surface area contributed by atoms with Crippen LogP contribution in [-0.2, 0) is 10.0 Å². The Bertz CT molecular complexity index is 1090. The number of carbonyl (C=O) groups excluding carboxylic acids is 1. The standard InChI is InChI=1S/C21H23F3N2O5S/c1-31-19-9-7-15(32(29,30)26-12-2-5-14(27)6-3-12)11-17(19)21(28)25-13-4-8-18(22)16(10-13)20(23)24/h4,7-12,14,20,26-27H,2-3,5-6H2,1H3,(H,25,28). The van der Waals surface area contributed by atoms with Crippen molar-refractivity contribution in [2.24, 2.45) is 0 Å². The second-order valence-corrected chi connectivity index (χ2v) is 9.19. The molecule has 2 aromatic carbocycles. The van der Waals surface area contributed by atoms with E-state index in [-0.39, 0.29) is 27.9 Å². The minimum absolute atomic E-state index is 0.0680. The monoisotopic (exact) mass is 472 g/mol. The van der Waals surface area contributed by atoms with Crippen LogP contribution in [0.15, 0.2) is 41.3 Å². The van der Waals surface area contributed by atoms with Crippen molar-refractivity contribution < 1.29 is 36.2 Å². The van der Waals surface area contributed by atoms with Crippen LogP contribution in [0, 0.1) is 5.82 Å². The number of aliphatic hydroxyl groups excluding tert-OH is 1. The van der Waals surface area contributed by atoms with Gasteiger partial charge in [0.15, 0.2) is 0 Å². The van der Waals surface area contributed by atoms with E-state index in [1.165, 1.54) is 19.2 Å². The Morgan fingerprint density at radius 3 is 2.44 bits per heavy atom. The lowest BCUT2D eigenvalue weighted by atomic mass is 9.94. The summed E-state index contributed by atoms with van der Waals surface area (Å²) >= 11 is 0. The fraction of sp³-hybridized carbons (Fsp3) is 0.381. The predicted octanol–water partition coefficient (Wildman–Crippen LogP) is 3.61. The molecule has 3 N–H and O–H groups in total. The number of hydrogen-bond donors (Lipinski definition) is 3. The minimum atomic E-state index is -3.97. The number of sulfonamides is 1. The Hall–Kier alpha value is -2.63. The summed E-state index contributed by atoms with van der Waals surface area (Å²) in [5, 5.41) is 11.9. The molecule has 2 aromatic rings. The first-order chi connectivity index (χ1) is 15.1. The minimum Gasteiger partial charge on any atom is -0.496 e. The van der Waals surface area contributed by atoms with E-state index in [2.05, 4.69) is 10.0 Å². The normalized spacial score (nSPS) is 19.1. The molecule has 0 atom stereocenters. The molecule has 0 aliphatic heterocycles. The molecule has 0 aromatic heterocycles. The maximum atomic E-state index is 13.5. The van der Waals surface area contributed by atoms with Crippen molar-refractivity contribution in [3.05, 3.63) is 53.3 Å². The number of methoxy groups -OCH3 is 1. The molecule has 1 aliphatic carbocycles. The van der Waals surface area contributed by atoms with E-state index in [4.69, 9.17) is 4.74 Å². The molecule has 3 rings (SSSR count). The first-order valence-corrected chi connectivity index (χ1v) is 11.4. The van der Waals surface area contributed by atoms with Crippen molar-refractivity contribution in [1.82, 2.24) is 4.72 Å². The zero-order chi connectivity index (χ0) is 23.5. The third kappa shape index (κ3) is 5.59. The van der Waals surface area contributed by atoms with Crippen molar-refractivity contribution in [2.45, 2.75) is 49.2 Å². The van der Waals surface area contributed by atoms with E-state index in [0.717, 1.165) is 24.3 Å². The van der Waals surface area contributed by atoms with Crippen molar-refractivity contribution in [2.75, 3.05) is 12.4 Å². The lowest BCUT2D eigenvalue weighted by molar-refractivity contribution is 0.102. The topological polar surface area (TPSA) is 105 Å². The molecular formula is C21H23F3N2O5S. The van der Waals surface area contributed by atoms with Crippen LogP contribution in [0.1, 0.15) is 48.0 Å². The Morgan fingerprint density at radius 1 is 1.12 bits per heavy atom. The van der Waals surface area contributed by atoms with E-state index in [0.29, 0.717) is 25.7 Å². The van der Waals surface area contributed by atoms with E-state index in [1.54, 1.807) is 0 Å². The van der Waals surface area contributed by atoms with Crippen LogP contribution < -0.4 is 14.8 Å². The highest BCUT2D eigenvalue weighted by Gasteiger charge is 2.26. The average molecular weight is 472 g/mol. The van der Waals surface area contributed by atoms with Gasteiger partial charge in [-0.15, -0.1) is 0 Å². The third-order valence-corrected chi connectivity index (χ3v) is 6.75. The second-order valence-electron chi connectivity index (χ2n) is 7.48. The van der Waals surface area contributed by atoms with E-state index in [1.807, 2.05) is 0 Å². The maximum Gasteiger partial charge on any atom is 0.266 e. The van der Waals surface area contributed by atoms with Gasteiger partial charge in [-0.2, -0.15) is 0 Å².